The first-order valence-corrected chi connectivity index (χ1v) is 11.7. The minimum atomic E-state index is -0.530. The third-order valence-electron chi connectivity index (χ3n) is 4.75. The summed E-state index contributed by atoms with van der Waals surface area (Å²) in [4.78, 5) is 27.9. The molecule has 36 heavy (non-hydrogen) atoms. The van der Waals surface area contributed by atoms with E-state index in [-0.39, 0.29) is 0 Å². The van der Waals surface area contributed by atoms with E-state index >= 15 is 0 Å². The van der Waals surface area contributed by atoms with E-state index in [2.05, 4.69) is 22.4 Å². The van der Waals surface area contributed by atoms with Gasteiger partial charge < -0.3 is 15.2 Å². The van der Waals surface area contributed by atoms with Crippen molar-refractivity contribution in [2.24, 2.45) is 4.99 Å². The van der Waals surface area contributed by atoms with Crippen molar-refractivity contribution in [2.45, 2.75) is 52.7 Å². The van der Waals surface area contributed by atoms with E-state index in [4.69, 9.17) is 15.2 Å². The quantitative estimate of drug-likeness (QED) is 0.167. The molecule has 9 heteroatoms. The number of carbonyl (C=O) groups is 2. The molecule has 0 aliphatic heterocycles. The lowest BCUT2D eigenvalue weighted by Gasteiger charge is -2.19. The van der Waals surface area contributed by atoms with Crippen LogP contribution in [-0.2, 0) is 9.47 Å². The predicted octanol–water partition coefficient (Wildman–Crippen LogP) is 7.17. The normalized spacial score (nSPS) is 11.4. The fraction of sp³-hybridized carbons (Fsp3) is 0.296. The van der Waals surface area contributed by atoms with E-state index in [1.807, 2.05) is 77.9 Å². The number of rotatable bonds is 1. The molecule has 2 aromatic heterocycles. The van der Waals surface area contributed by atoms with E-state index in [0.29, 0.717) is 11.4 Å². The van der Waals surface area contributed by atoms with Crippen molar-refractivity contribution < 1.29 is 19.1 Å². The van der Waals surface area contributed by atoms with Crippen LogP contribution in [-0.4, -0.2) is 37.7 Å². The predicted molar refractivity (Wildman–Crippen MR) is 146 cm³/mol. The smallest absolute Gasteiger partial charge is 0.418 e. The van der Waals surface area contributed by atoms with E-state index in [1.54, 1.807) is 24.5 Å². The Morgan fingerprint density at radius 2 is 1.28 bits per heavy atom. The number of nitrogens with zero attached hydrogens (tertiary/aromatic N) is 3. The molecule has 0 saturated carbocycles. The van der Waals surface area contributed by atoms with E-state index in [1.165, 1.54) is 9.13 Å². The lowest BCUT2D eigenvalue weighted by molar-refractivity contribution is 0.0533. The second kappa shape index (κ2) is 10.4. The van der Waals surface area contributed by atoms with Crippen LogP contribution in [0.3, 0.4) is 0 Å². The molecule has 2 heterocycles. The lowest BCUT2D eigenvalue weighted by Crippen LogP contribution is -2.26. The van der Waals surface area contributed by atoms with Gasteiger partial charge in [-0.1, -0.05) is 12.1 Å². The third kappa shape index (κ3) is 6.81. The highest BCUT2D eigenvalue weighted by molar-refractivity contribution is 7.78. The summed E-state index contributed by atoms with van der Waals surface area (Å²) in [6.07, 6.45) is 2.58. The lowest BCUT2D eigenvalue weighted by atomic mass is 10.2. The number of aliphatic imine (C=N–C) groups is 1. The highest BCUT2D eigenvalue weighted by Gasteiger charge is 2.20. The molecule has 2 N–H and O–H groups in total. The van der Waals surface area contributed by atoms with E-state index in [9.17, 15) is 9.59 Å². The summed E-state index contributed by atoms with van der Waals surface area (Å²) in [6.45, 7) is 11.0. The number of isothiocyanates is 1. The Balaban J connectivity index is 0.000000202. The molecule has 4 rings (SSSR count). The summed E-state index contributed by atoms with van der Waals surface area (Å²) in [5.74, 6) is 0. The molecule has 188 valence electrons. The van der Waals surface area contributed by atoms with Crippen LogP contribution in [0.25, 0.3) is 21.8 Å². The van der Waals surface area contributed by atoms with Gasteiger partial charge in [0.2, 0.25) is 0 Å². The van der Waals surface area contributed by atoms with Crippen molar-refractivity contribution in [3.8, 4) is 0 Å². The number of carbonyl (C=O) groups excluding carboxylic acids is 2. The molecule has 0 radical (unpaired) electrons. The monoisotopic (exact) mass is 506 g/mol. The average Bonchev–Trinajstić information content (AvgIpc) is 3.35. The topological polar surface area (TPSA) is 101 Å². The number of hydrogen-bond acceptors (Lipinski definition) is 7. The molecule has 0 saturated heterocycles. The summed E-state index contributed by atoms with van der Waals surface area (Å²) in [6, 6.07) is 14.6. The fourth-order valence-corrected chi connectivity index (χ4v) is 3.43. The number of nitrogens with two attached hydrogens (primary N) is 1. The van der Waals surface area contributed by atoms with Crippen molar-refractivity contribution in [2.75, 3.05) is 5.73 Å². The highest BCUT2D eigenvalue weighted by atomic mass is 32.1. The summed E-state index contributed by atoms with van der Waals surface area (Å²) in [5, 5.41) is 4.21. The van der Waals surface area contributed by atoms with Gasteiger partial charge in [0.25, 0.3) is 0 Å². The van der Waals surface area contributed by atoms with Crippen molar-refractivity contribution in [1.82, 2.24) is 9.13 Å². The molecular weight excluding hydrogens is 476 g/mol. The summed E-state index contributed by atoms with van der Waals surface area (Å²) in [7, 11) is 0. The standard InChI is InChI=1S/C14H14N2O2S.C13H16N2O2/c1-14(2,3)18-13(17)16-7-6-10-4-5-11(15-9-19)8-12(10)16;1-13(2,3)17-12(16)15-7-6-9-4-5-10(14)8-11(9)15/h4-8H,1-3H3;4-8H,14H2,1-3H3. The fourth-order valence-electron chi connectivity index (χ4n) is 3.33. The zero-order chi connectivity index (χ0) is 26.7. The average molecular weight is 507 g/mol. The van der Waals surface area contributed by atoms with Crippen LogP contribution in [0.1, 0.15) is 41.5 Å². The summed E-state index contributed by atoms with van der Waals surface area (Å²) >= 11 is 4.58. The van der Waals surface area contributed by atoms with Crippen LogP contribution < -0.4 is 5.73 Å². The van der Waals surface area contributed by atoms with E-state index in [0.717, 1.165) is 21.8 Å². The van der Waals surface area contributed by atoms with Gasteiger partial charge in [-0.15, -0.1) is 0 Å². The van der Waals surface area contributed by atoms with Crippen LogP contribution in [0, 0.1) is 0 Å². The number of thiocarbonyl (C=S) groups is 1. The molecular formula is C27H30N4O4S. The maximum Gasteiger partial charge on any atom is 0.418 e. The minimum Gasteiger partial charge on any atom is -0.443 e. The van der Waals surface area contributed by atoms with Gasteiger partial charge in [0, 0.05) is 28.9 Å². The second-order valence-corrected chi connectivity index (χ2v) is 10.3. The van der Waals surface area contributed by atoms with Gasteiger partial charge >= 0.3 is 12.2 Å². The van der Waals surface area contributed by atoms with Gasteiger partial charge in [-0.05, 0) is 90.2 Å². The van der Waals surface area contributed by atoms with Crippen molar-refractivity contribution in [3.63, 3.8) is 0 Å². The first-order chi connectivity index (χ1) is 16.8. The molecule has 0 fully saturated rings. The first-order valence-electron chi connectivity index (χ1n) is 11.3. The Labute approximate surface area is 215 Å². The molecule has 0 aliphatic carbocycles. The summed E-state index contributed by atoms with van der Waals surface area (Å²) < 4.78 is 13.6. The SMILES string of the molecule is CC(C)(C)OC(=O)n1ccc2ccc(N)cc21.CC(C)(C)OC(=O)n1ccc2ccc(N=C=S)cc21. The van der Waals surface area contributed by atoms with Crippen molar-refractivity contribution in [3.05, 3.63) is 60.9 Å². The number of fused-ring (bicyclic) bond motifs is 2. The van der Waals surface area contributed by atoms with Crippen LogP contribution in [0.15, 0.2) is 65.9 Å². The van der Waals surface area contributed by atoms with Gasteiger partial charge in [-0.25, -0.2) is 9.59 Å². The number of hydrogen-bond donors (Lipinski definition) is 1. The van der Waals surface area contributed by atoms with Gasteiger partial charge in [0.1, 0.15) is 11.2 Å². The van der Waals surface area contributed by atoms with Gasteiger partial charge in [0.05, 0.1) is 21.9 Å². The largest absolute Gasteiger partial charge is 0.443 e. The number of anilines is 1. The van der Waals surface area contributed by atoms with Crippen LogP contribution in [0.4, 0.5) is 21.0 Å². The Morgan fingerprint density at radius 3 is 1.75 bits per heavy atom. The Hall–Kier alpha value is -3.94. The molecule has 0 unspecified atom stereocenters. The molecule has 0 spiro atoms. The number of nitrogen functional groups attached to an aromatic ring is 1. The van der Waals surface area contributed by atoms with Crippen LogP contribution in [0.5, 0.6) is 0 Å². The number of benzene rings is 2. The molecule has 0 atom stereocenters. The molecule has 0 aliphatic rings. The molecule has 4 aromatic rings. The zero-order valence-electron chi connectivity index (χ0n) is 21.2. The molecule has 0 amide bonds. The molecule has 0 bridgehead atoms. The maximum atomic E-state index is 12.1. The van der Waals surface area contributed by atoms with Gasteiger partial charge in [-0.2, -0.15) is 4.99 Å². The number of ether oxygens (including phenoxy) is 2. The first kappa shape index (κ1) is 26.7. The maximum absolute atomic E-state index is 12.1. The van der Waals surface area contributed by atoms with Crippen LogP contribution in [0.2, 0.25) is 0 Å². The van der Waals surface area contributed by atoms with Gasteiger partial charge in [0.15, 0.2) is 0 Å². The Kier molecular flexibility index (Phi) is 7.67. The Morgan fingerprint density at radius 1 is 0.806 bits per heavy atom. The molecule has 2 aromatic carbocycles. The third-order valence-corrected chi connectivity index (χ3v) is 4.84. The Bertz CT molecular complexity index is 1460. The molecule has 8 nitrogen and oxygen atoms in total. The van der Waals surface area contributed by atoms with Crippen LogP contribution >= 0.6 is 12.2 Å². The highest BCUT2D eigenvalue weighted by Crippen LogP contribution is 2.23. The second-order valence-electron chi connectivity index (χ2n) is 10.1. The number of aromatic nitrogens is 2. The van der Waals surface area contributed by atoms with E-state index < -0.39 is 23.4 Å². The van der Waals surface area contributed by atoms with Crippen molar-refractivity contribution >= 4 is 62.7 Å². The summed E-state index contributed by atoms with van der Waals surface area (Å²) in [5.41, 5.74) is 7.46. The van der Waals surface area contributed by atoms with Crippen molar-refractivity contribution in [1.29, 1.82) is 0 Å². The van der Waals surface area contributed by atoms with Gasteiger partial charge in [-0.3, -0.25) is 9.13 Å². The zero-order valence-corrected chi connectivity index (χ0v) is 22.1. The minimum absolute atomic E-state index is 0.391.